The maximum atomic E-state index is 5.35. The Morgan fingerprint density at radius 3 is 2.68 bits per heavy atom. The molecule has 0 aliphatic carbocycles. The van der Waals surface area contributed by atoms with Gasteiger partial charge in [0.2, 0.25) is 0 Å². The summed E-state index contributed by atoms with van der Waals surface area (Å²) in [5.74, 6) is 2.61. The zero-order chi connectivity index (χ0) is 15.4. The number of nitrogens with one attached hydrogen (secondary N) is 2. The summed E-state index contributed by atoms with van der Waals surface area (Å²) in [6.07, 6.45) is 4.74. The quantitative estimate of drug-likeness (QED) is 0.852. The smallest absolute Gasteiger partial charge is 0.124 e. The van der Waals surface area contributed by atoms with Gasteiger partial charge in [-0.3, -0.25) is 0 Å². The predicted molar refractivity (Wildman–Crippen MR) is 85.6 cm³/mol. The first-order valence-corrected chi connectivity index (χ1v) is 7.48. The van der Waals surface area contributed by atoms with Crippen molar-refractivity contribution in [3.8, 4) is 11.5 Å². The summed E-state index contributed by atoms with van der Waals surface area (Å²) in [7, 11) is 3.35. The van der Waals surface area contributed by atoms with Gasteiger partial charge < -0.3 is 24.7 Å². The molecule has 0 radical (unpaired) electrons. The SMILES string of the molecule is COc1cc(OC)cc(N2CCC(NCc3ncc[nH]3)C2)c1. The molecule has 1 fully saturated rings. The highest BCUT2D eigenvalue weighted by Crippen LogP contribution is 2.30. The van der Waals surface area contributed by atoms with Crippen LogP contribution in [-0.4, -0.2) is 43.3 Å². The Hall–Kier alpha value is -2.21. The fourth-order valence-corrected chi connectivity index (χ4v) is 2.77. The van der Waals surface area contributed by atoms with Crippen molar-refractivity contribution in [1.82, 2.24) is 15.3 Å². The van der Waals surface area contributed by atoms with Crippen LogP contribution in [0.2, 0.25) is 0 Å². The topological polar surface area (TPSA) is 62.4 Å². The molecule has 0 saturated carbocycles. The van der Waals surface area contributed by atoms with E-state index in [4.69, 9.17) is 9.47 Å². The Morgan fingerprint density at radius 2 is 2.05 bits per heavy atom. The van der Waals surface area contributed by atoms with Gasteiger partial charge in [0.1, 0.15) is 17.3 Å². The van der Waals surface area contributed by atoms with Gasteiger partial charge >= 0.3 is 0 Å². The third-order valence-corrected chi connectivity index (χ3v) is 4.00. The van der Waals surface area contributed by atoms with Gasteiger partial charge in [0.25, 0.3) is 0 Å². The largest absolute Gasteiger partial charge is 0.497 e. The van der Waals surface area contributed by atoms with Crippen LogP contribution in [0.5, 0.6) is 11.5 Å². The molecule has 3 rings (SSSR count). The molecule has 2 aromatic rings. The molecule has 1 saturated heterocycles. The molecule has 22 heavy (non-hydrogen) atoms. The number of methoxy groups -OCH3 is 2. The van der Waals surface area contributed by atoms with Crippen LogP contribution < -0.4 is 19.7 Å². The summed E-state index contributed by atoms with van der Waals surface area (Å²) >= 11 is 0. The summed E-state index contributed by atoms with van der Waals surface area (Å²) in [5, 5.41) is 3.54. The van der Waals surface area contributed by atoms with Gasteiger partial charge in [0.15, 0.2) is 0 Å². The lowest BCUT2D eigenvalue weighted by Gasteiger charge is -2.20. The molecule has 1 atom stereocenters. The molecule has 0 spiro atoms. The lowest BCUT2D eigenvalue weighted by atomic mass is 10.2. The molecule has 2 heterocycles. The average Bonchev–Trinajstić information content (AvgIpc) is 3.23. The van der Waals surface area contributed by atoms with Crippen LogP contribution in [0.3, 0.4) is 0 Å². The summed E-state index contributed by atoms with van der Waals surface area (Å²) in [6.45, 7) is 2.76. The van der Waals surface area contributed by atoms with Crippen LogP contribution in [0.1, 0.15) is 12.2 Å². The van der Waals surface area contributed by atoms with Crippen molar-refractivity contribution in [2.45, 2.75) is 19.0 Å². The number of benzene rings is 1. The van der Waals surface area contributed by atoms with E-state index >= 15 is 0 Å². The molecular formula is C16H22N4O2. The van der Waals surface area contributed by atoms with E-state index in [1.54, 1.807) is 20.4 Å². The summed E-state index contributed by atoms with van der Waals surface area (Å²) in [6, 6.07) is 6.46. The van der Waals surface area contributed by atoms with E-state index in [0.29, 0.717) is 6.04 Å². The minimum Gasteiger partial charge on any atom is -0.497 e. The van der Waals surface area contributed by atoms with Crippen molar-refractivity contribution < 1.29 is 9.47 Å². The summed E-state index contributed by atoms with van der Waals surface area (Å²) in [4.78, 5) is 9.70. The van der Waals surface area contributed by atoms with E-state index in [1.807, 2.05) is 12.3 Å². The highest BCUT2D eigenvalue weighted by Gasteiger charge is 2.23. The van der Waals surface area contributed by atoms with Crippen molar-refractivity contribution in [3.63, 3.8) is 0 Å². The Kier molecular flexibility index (Phi) is 4.48. The van der Waals surface area contributed by atoms with Crippen molar-refractivity contribution >= 4 is 5.69 Å². The second-order valence-electron chi connectivity index (χ2n) is 5.42. The highest BCUT2D eigenvalue weighted by atomic mass is 16.5. The normalized spacial score (nSPS) is 17.7. The first kappa shape index (κ1) is 14.7. The van der Waals surface area contributed by atoms with E-state index in [2.05, 4.69) is 32.3 Å². The number of H-pyrrole nitrogens is 1. The summed E-state index contributed by atoms with van der Waals surface area (Å²) in [5.41, 5.74) is 1.14. The molecule has 118 valence electrons. The third kappa shape index (κ3) is 3.33. The minimum absolute atomic E-state index is 0.460. The number of aromatic nitrogens is 2. The van der Waals surface area contributed by atoms with Crippen LogP contribution in [0.4, 0.5) is 5.69 Å². The fourth-order valence-electron chi connectivity index (χ4n) is 2.77. The summed E-state index contributed by atoms with van der Waals surface area (Å²) < 4.78 is 10.7. The molecule has 6 heteroatoms. The van der Waals surface area contributed by atoms with Gasteiger partial charge in [-0.25, -0.2) is 4.98 Å². The van der Waals surface area contributed by atoms with Crippen LogP contribution in [0, 0.1) is 0 Å². The number of hydrogen-bond acceptors (Lipinski definition) is 5. The number of hydrogen-bond donors (Lipinski definition) is 2. The lowest BCUT2D eigenvalue weighted by Crippen LogP contribution is -2.32. The molecule has 0 amide bonds. The van der Waals surface area contributed by atoms with Crippen LogP contribution in [-0.2, 0) is 6.54 Å². The zero-order valence-electron chi connectivity index (χ0n) is 13.0. The monoisotopic (exact) mass is 302 g/mol. The number of rotatable bonds is 6. The highest BCUT2D eigenvalue weighted by molar-refractivity contribution is 5.56. The molecule has 1 aliphatic rings. The first-order chi connectivity index (χ1) is 10.8. The van der Waals surface area contributed by atoms with Gasteiger partial charge in [0, 0.05) is 55.4 Å². The standard InChI is InChI=1S/C16H22N4O2/c1-21-14-7-13(8-15(9-14)22-2)20-6-3-12(11-20)19-10-16-17-4-5-18-16/h4-5,7-9,12,19H,3,6,10-11H2,1-2H3,(H,17,18). The van der Waals surface area contributed by atoms with Gasteiger partial charge in [-0.05, 0) is 6.42 Å². The molecule has 2 N–H and O–H groups in total. The van der Waals surface area contributed by atoms with Gasteiger partial charge in [-0.15, -0.1) is 0 Å². The maximum Gasteiger partial charge on any atom is 0.124 e. The number of nitrogens with zero attached hydrogens (tertiary/aromatic N) is 2. The molecule has 1 unspecified atom stereocenters. The first-order valence-electron chi connectivity index (χ1n) is 7.48. The average molecular weight is 302 g/mol. The zero-order valence-corrected chi connectivity index (χ0v) is 13.0. The van der Waals surface area contributed by atoms with Crippen LogP contribution >= 0.6 is 0 Å². The minimum atomic E-state index is 0.460. The Balaban J connectivity index is 1.62. The maximum absolute atomic E-state index is 5.35. The number of ether oxygens (including phenoxy) is 2. The van der Waals surface area contributed by atoms with E-state index in [9.17, 15) is 0 Å². The van der Waals surface area contributed by atoms with Crippen LogP contribution in [0.25, 0.3) is 0 Å². The molecule has 6 nitrogen and oxygen atoms in total. The van der Waals surface area contributed by atoms with Gasteiger partial charge in [-0.2, -0.15) is 0 Å². The third-order valence-electron chi connectivity index (χ3n) is 4.00. The number of anilines is 1. The van der Waals surface area contributed by atoms with E-state index < -0.39 is 0 Å². The van der Waals surface area contributed by atoms with Crippen molar-refractivity contribution in [3.05, 3.63) is 36.4 Å². The number of imidazole rings is 1. The predicted octanol–water partition coefficient (Wildman–Crippen LogP) is 1.80. The fraction of sp³-hybridized carbons (Fsp3) is 0.438. The molecular weight excluding hydrogens is 280 g/mol. The molecule has 1 aromatic carbocycles. The van der Waals surface area contributed by atoms with Crippen LogP contribution in [0.15, 0.2) is 30.6 Å². The Bertz CT molecular complexity index is 578. The van der Waals surface area contributed by atoms with E-state index in [0.717, 1.165) is 49.1 Å². The second-order valence-corrected chi connectivity index (χ2v) is 5.42. The van der Waals surface area contributed by atoms with E-state index in [1.165, 1.54) is 0 Å². The Morgan fingerprint density at radius 1 is 1.27 bits per heavy atom. The Labute approximate surface area is 130 Å². The molecule has 1 aliphatic heterocycles. The van der Waals surface area contributed by atoms with Gasteiger partial charge in [-0.1, -0.05) is 0 Å². The number of aromatic amines is 1. The molecule has 1 aromatic heterocycles. The van der Waals surface area contributed by atoms with Crippen molar-refractivity contribution in [2.75, 3.05) is 32.2 Å². The second kappa shape index (κ2) is 6.70. The van der Waals surface area contributed by atoms with Crippen molar-refractivity contribution in [1.29, 1.82) is 0 Å². The van der Waals surface area contributed by atoms with E-state index in [-0.39, 0.29) is 0 Å². The van der Waals surface area contributed by atoms with Gasteiger partial charge in [0.05, 0.1) is 20.8 Å². The molecule has 0 bridgehead atoms. The lowest BCUT2D eigenvalue weighted by molar-refractivity contribution is 0.394. The van der Waals surface area contributed by atoms with Crippen molar-refractivity contribution in [2.24, 2.45) is 0 Å².